The van der Waals surface area contributed by atoms with E-state index in [-0.39, 0.29) is 24.1 Å². The quantitative estimate of drug-likeness (QED) is 0.372. The van der Waals surface area contributed by atoms with Crippen LogP contribution in [0.1, 0.15) is 67.1 Å². The molecule has 2 atom stereocenters. The molecule has 3 aromatic carbocycles. The van der Waals surface area contributed by atoms with Gasteiger partial charge in [0.2, 0.25) is 0 Å². The average molecular weight is 497 g/mol. The molecule has 1 aliphatic rings. The van der Waals surface area contributed by atoms with E-state index in [4.69, 9.17) is 5.10 Å². The highest BCUT2D eigenvalue weighted by Gasteiger charge is 2.27. The number of benzene rings is 3. The second kappa shape index (κ2) is 10.5. The van der Waals surface area contributed by atoms with E-state index < -0.39 is 0 Å². The van der Waals surface area contributed by atoms with Crippen LogP contribution in [0.3, 0.4) is 0 Å². The number of nitrogens with one attached hydrogen (secondary N) is 1. The first-order chi connectivity index (χ1) is 17.8. The van der Waals surface area contributed by atoms with Crippen molar-refractivity contribution in [3.63, 3.8) is 0 Å². The fraction of sp³-hybridized carbons (Fsp3) is 0.355. The molecule has 1 aliphatic heterocycles. The normalized spacial score (nSPS) is 17.6. The van der Waals surface area contributed by atoms with Crippen molar-refractivity contribution in [3.8, 4) is 5.69 Å². The summed E-state index contributed by atoms with van der Waals surface area (Å²) in [4.78, 5) is 15.3. The smallest absolute Gasteiger partial charge is 0.253 e. The summed E-state index contributed by atoms with van der Waals surface area (Å²) in [5, 5.41) is 18.9. The van der Waals surface area contributed by atoms with E-state index in [1.807, 2.05) is 68.0 Å². The van der Waals surface area contributed by atoms with E-state index in [9.17, 15) is 9.90 Å². The molecule has 2 heterocycles. The molecule has 0 aliphatic carbocycles. The van der Waals surface area contributed by atoms with Gasteiger partial charge in [-0.25, -0.2) is 4.68 Å². The number of rotatable bonds is 6. The predicted octanol–water partition coefficient (Wildman–Crippen LogP) is 5.47. The lowest BCUT2D eigenvalue weighted by Crippen LogP contribution is -2.40. The number of fused-ring (bicyclic) bond motifs is 1. The van der Waals surface area contributed by atoms with Crippen LogP contribution in [0.2, 0.25) is 0 Å². The number of hydrogen-bond acceptors (Lipinski definition) is 4. The van der Waals surface area contributed by atoms with E-state index >= 15 is 0 Å². The minimum absolute atomic E-state index is 0.0319. The van der Waals surface area contributed by atoms with Gasteiger partial charge in [-0.3, -0.25) is 9.69 Å². The van der Waals surface area contributed by atoms with Crippen LogP contribution in [-0.4, -0.2) is 50.9 Å². The third-order valence-corrected chi connectivity index (χ3v) is 7.15. The molecule has 0 saturated carbocycles. The van der Waals surface area contributed by atoms with Gasteiger partial charge in [-0.1, -0.05) is 54.6 Å². The Morgan fingerprint density at radius 1 is 1.05 bits per heavy atom. The number of hydrogen-bond donors (Lipinski definition) is 2. The lowest BCUT2D eigenvalue weighted by molar-refractivity contribution is 0.0921. The zero-order valence-corrected chi connectivity index (χ0v) is 21.9. The summed E-state index contributed by atoms with van der Waals surface area (Å²) in [5.41, 5.74) is 4.41. The van der Waals surface area contributed by atoms with Gasteiger partial charge in [-0.2, -0.15) is 5.10 Å². The summed E-state index contributed by atoms with van der Waals surface area (Å²) < 4.78 is 1.85. The Labute approximate surface area is 218 Å². The second-order valence-corrected chi connectivity index (χ2v) is 11.1. The molecule has 2 unspecified atom stereocenters. The number of carbonyl (C=O) groups excluding carboxylic acids is 1. The molecule has 0 spiro atoms. The van der Waals surface area contributed by atoms with Crippen molar-refractivity contribution in [3.05, 3.63) is 95.7 Å². The zero-order valence-electron chi connectivity index (χ0n) is 21.9. The molecule has 6 heteroatoms. The highest BCUT2D eigenvalue weighted by Crippen LogP contribution is 2.32. The largest absolute Gasteiger partial charge is 0.394 e. The molecule has 192 valence electrons. The van der Waals surface area contributed by atoms with E-state index in [0.29, 0.717) is 17.0 Å². The van der Waals surface area contributed by atoms with Crippen molar-refractivity contribution in [2.45, 2.75) is 51.1 Å². The van der Waals surface area contributed by atoms with Gasteiger partial charge in [0.25, 0.3) is 5.91 Å². The number of aliphatic hydroxyl groups is 1. The molecule has 4 aromatic rings. The number of piperidine rings is 1. The first kappa shape index (κ1) is 25.2. The fourth-order valence-corrected chi connectivity index (χ4v) is 5.34. The Balaban J connectivity index is 1.34. The van der Waals surface area contributed by atoms with Crippen molar-refractivity contribution >= 4 is 16.8 Å². The summed E-state index contributed by atoms with van der Waals surface area (Å²) in [6, 6.07) is 24.6. The van der Waals surface area contributed by atoms with E-state index in [2.05, 4.69) is 46.6 Å². The standard InChI is InChI=1S/C31H36N4O2/c1-31(2,3)32-30(37)27-13-7-11-25-20-35(33-29(25)27)26-16-14-22(15-17-26)24-12-8-18-34(19-24)28(21-36)23-9-5-4-6-10-23/h4-7,9-11,13-17,20,24,28,36H,8,12,18-19,21H2,1-3H3,(H,32,37). The van der Waals surface area contributed by atoms with Gasteiger partial charge < -0.3 is 10.4 Å². The van der Waals surface area contributed by atoms with Crippen LogP contribution in [0.25, 0.3) is 16.6 Å². The molecule has 1 fully saturated rings. The van der Waals surface area contributed by atoms with Gasteiger partial charge >= 0.3 is 0 Å². The van der Waals surface area contributed by atoms with Crippen LogP contribution in [0.15, 0.2) is 79.0 Å². The van der Waals surface area contributed by atoms with Gasteiger partial charge in [0.05, 0.1) is 23.9 Å². The lowest BCUT2D eigenvalue weighted by atomic mass is 9.89. The van der Waals surface area contributed by atoms with Crippen molar-refractivity contribution in [1.29, 1.82) is 0 Å². The average Bonchev–Trinajstić information content (AvgIpc) is 3.34. The van der Waals surface area contributed by atoms with Crippen LogP contribution >= 0.6 is 0 Å². The van der Waals surface area contributed by atoms with Crippen LogP contribution in [0.5, 0.6) is 0 Å². The van der Waals surface area contributed by atoms with E-state index in [1.165, 1.54) is 11.1 Å². The molecule has 0 radical (unpaired) electrons. The molecular weight excluding hydrogens is 460 g/mol. The van der Waals surface area contributed by atoms with Crippen LogP contribution in [0.4, 0.5) is 0 Å². The van der Waals surface area contributed by atoms with Crippen molar-refractivity contribution in [1.82, 2.24) is 20.0 Å². The summed E-state index contributed by atoms with van der Waals surface area (Å²) in [5.74, 6) is 0.308. The van der Waals surface area contributed by atoms with Gasteiger partial charge in [0.1, 0.15) is 5.52 Å². The molecule has 1 saturated heterocycles. The monoisotopic (exact) mass is 496 g/mol. The third-order valence-electron chi connectivity index (χ3n) is 7.15. The first-order valence-electron chi connectivity index (χ1n) is 13.1. The lowest BCUT2D eigenvalue weighted by Gasteiger charge is -2.38. The number of amides is 1. The fourth-order valence-electron chi connectivity index (χ4n) is 5.34. The Hall–Kier alpha value is -3.48. The Kier molecular flexibility index (Phi) is 7.13. The van der Waals surface area contributed by atoms with Crippen molar-refractivity contribution < 1.29 is 9.90 Å². The molecule has 1 aromatic heterocycles. The molecule has 37 heavy (non-hydrogen) atoms. The van der Waals surface area contributed by atoms with Gasteiger partial charge in [0.15, 0.2) is 0 Å². The van der Waals surface area contributed by atoms with Gasteiger partial charge in [-0.15, -0.1) is 0 Å². The van der Waals surface area contributed by atoms with Gasteiger partial charge in [-0.05, 0) is 75.4 Å². The van der Waals surface area contributed by atoms with Crippen molar-refractivity contribution in [2.24, 2.45) is 0 Å². The highest BCUT2D eigenvalue weighted by molar-refractivity contribution is 6.05. The Morgan fingerprint density at radius 3 is 2.51 bits per heavy atom. The SMILES string of the molecule is CC(C)(C)NC(=O)c1cccc2cn(-c3ccc(C4CCCN(C(CO)c5ccccc5)C4)cc3)nc12. The first-order valence-corrected chi connectivity index (χ1v) is 13.1. The molecule has 0 bridgehead atoms. The minimum atomic E-state index is -0.315. The van der Waals surface area contributed by atoms with E-state index in [0.717, 1.165) is 37.0 Å². The Bertz CT molecular complexity index is 1360. The number of nitrogens with zero attached hydrogens (tertiary/aromatic N) is 3. The summed E-state index contributed by atoms with van der Waals surface area (Å²) in [6.45, 7) is 7.97. The van der Waals surface area contributed by atoms with E-state index in [1.54, 1.807) is 0 Å². The number of aliphatic hydroxyl groups excluding tert-OH is 1. The predicted molar refractivity (Wildman–Crippen MR) is 148 cm³/mol. The highest BCUT2D eigenvalue weighted by atomic mass is 16.3. The molecule has 1 amide bonds. The maximum atomic E-state index is 12.8. The number of carbonyl (C=O) groups is 1. The molecule has 6 nitrogen and oxygen atoms in total. The summed E-state index contributed by atoms with van der Waals surface area (Å²) in [6.07, 6.45) is 4.23. The van der Waals surface area contributed by atoms with Gasteiger partial charge in [0, 0.05) is 23.7 Å². The Morgan fingerprint density at radius 2 is 1.81 bits per heavy atom. The molecular formula is C31H36N4O2. The number of likely N-dealkylation sites (tertiary alicyclic amines) is 1. The van der Waals surface area contributed by atoms with Crippen LogP contribution < -0.4 is 5.32 Å². The maximum Gasteiger partial charge on any atom is 0.253 e. The number of aromatic nitrogens is 2. The van der Waals surface area contributed by atoms with Crippen LogP contribution in [0, 0.1) is 0 Å². The van der Waals surface area contributed by atoms with Crippen LogP contribution in [-0.2, 0) is 0 Å². The topological polar surface area (TPSA) is 70.4 Å². The minimum Gasteiger partial charge on any atom is -0.394 e. The zero-order chi connectivity index (χ0) is 26.0. The molecule has 5 rings (SSSR count). The summed E-state index contributed by atoms with van der Waals surface area (Å²) in [7, 11) is 0. The second-order valence-electron chi connectivity index (χ2n) is 11.1. The van der Waals surface area contributed by atoms with Crippen molar-refractivity contribution in [2.75, 3.05) is 19.7 Å². The third kappa shape index (κ3) is 5.60. The molecule has 2 N–H and O–H groups in total. The summed E-state index contributed by atoms with van der Waals surface area (Å²) >= 11 is 0. The maximum absolute atomic E-state index is 12.8.